The molecule has 0 aliphatic rings. The highest BCUT2D eigenvalue weighted by atomic mass is 19.1. The molecule has 0 unspecified atom stereocenters. The molecule has 0 saturated carbocycles. The SMILES string of the molecule is CC(=O)Nc1ccc(-c2cc(C)c(=O)n(C)c2)c(F)c1[N+](=O)[O-]. The minimum atomic E-state index is -1.07. The van der Waals surface area contributed by atoms with Gasteiger partial charge in [-0.25, -0.2) is 0 Å². The largest absolute Gasteiger partial charge is 0.328 e. The first-order chi connectivity index (χ1) is 10.7. The third-order valence-electron chi connectivity index (χ3n) is 3.28. The van der Waals surface area contributed by atoms with Gasteiger partial charge in [0.2, 0.25) is 11.7 Å². The zero-order chi connectivity index (χ0) is 17.3. The predicted molar refractivity (Wildman–Crippen MR) is 82.8 cm³/mol. The number of anilines is 1. The molecule has 0 spiro atoms. The fraction of sp³-hybridized carbons (Fsp3) is 0.200. The Kier molecular flexibility index (Phi) is 4.26. The van der Waals surface area contributed by atoms with Crippen molar-refractivity contribution in [3.63, 3.8) is 0 Å². The van der Waals surface area contributed by atoms with Crippen molar-refractivity contribution in [3.8, 4) is 11.1 Å². The quantitative estimate of drug-likeness (QED) is 0.694. The lowest BCUT2D eigenvalue weighted by Crippen LogP contribution is -2.18. The zero-order valence-corrected chi connectivity index (χ0v) is 12.7. The fourth-order valence-corrected chi connectivity index (χ4v) is 2.28. The summed E-state index contributed by atoms with van der Waals surface area (Å²) in [6.45, 7) is 2.75. The van der Waals surface area contributed by atoms with Gasteiger partial charge in [0, 0.05) is 36.9 Å². The van der Waals surface area contributed by atoms with Crippen LogP contribution in [0.3, 0.4) is 0 Å². The van der Waals surface area contributed by atoms with Crippen LogP contribution >= 0.6 is 0 Å². The summed E-state index contributed by atoms with van der Waals surface area (Å²) in [6, 6.07) is 4.05. The summed E-state index contributed by atoms with van der Waals surface area (Å²) in [4.78, 5) is 33.1. The van der Waals surface area contributed by atoms with Crippen molar-refractivity contribution in [2.75, 3.05) is 5.32 Å². The van der Waals surface area contributed by atoms with Crippen molar-refractivity contribution in [1.82, 2.24) is 4.57 Å². The number of hydrogen-bond acceptors (Lipinski definition) is 4. The molecule has 0 atom stereocenters. The normalized spacial score (nSPS) is 10.4. The lowest BCUT2D eigenvalue weighted by Gasteiger charge is -2.10. The van der Waals surface area contributed by atoms with Crippen molar-refractivity contribution in [1.29, 1.82) is 0 Å². The fourth-order valence-electron chi connectivity index (χ4n) is 2.28. The molecule has 8 heteroatoms. The molecular formula is C15H14FN3O4. The molecule has 0 fully saturated rings. The van der Waals surface area contributed by atoms with E-state index in [0.717, 1.165) is 0 Å². The standard InChI is InChI=1S/C15H14FN3O4/c1-8-6-10(7-18(3)15(8)21)11-4-5-12(17-9(2)20)14(13(11)16)19(22)23/h4-7H,1-3H3,(H,17,20). The Bertz CT molecular complexity index is 848. The Morgan fingerprint density at radius 2 is 2.04 bits per heavy atom. The summed E-state index contributed by atoms with van der Waals surface area (Å²) in [7, 11) is 1.51. The third-order valence-corrected chi connectivity index (χ3v) is 3.28. The van der Waals surface area contributed by atoms with Crippen LogP contribution in [0, 0.1) is 22.9 Å². The number of hydrogen-bond donors (Lipinski definition) is 1. The van der Waals surface area contributed by atoms with E-state index in [1.807, 2.05) is 0 Å². The van der Waals surface area contributed by atoms with Crippen molar-refractivity contribution in [2.24, 2.45) is 7.05 Å². The predicted octanol–water partition coefficient (Wildman–Crippen LogP) is 2.37. The minimum Gasteiger partial charge on any atom is -0.321 e. The molecule has 1 heterocycles. The summed E-state index contributed by atoms with van der Waals surface area (Å²) >= 11 is 0. The summed E-state index contributed by atoms with van der Waals surface area (Å²) in [5.41, 5.74) is -0.574. The molecular weight excluding hydrogens is 305 g/mol. The van der Waals surface area contributed by atoms with Gasteiger partial charge in [0.05, 0.1) is 4.92 Å². The van der Waals surface area contributed by atoms with E-state index in [2.05, 4.69) is 5.32 Å². The summed E-state index contributed by atoms with van der Waals surface area (Å²) in [5.74, 6) is -1.61. The number of carbonyl (C=O) groups is 1. The van der Waals surface area contributed by atoms with Crippen molar-refractivity contribution >= 4 is 17.3 Å². The van der Waals surface area contributed by atoms with Crippen LogP contribution in [0.25, 0.3) is 11.1 Å². The van der Waals surface area contributed by atoms with Gasteiger partial charge in [0.25, 0.3) is 5.56 Å². The van der Waals surface area contributed by atoms with Crippen LogP contribution in [0.1, 0.15) is 12.5 Å². The van der Waals surface area contributed by atoms with Crippen molar-refractivity contribution in [2.45, 2.75) is 13.8 Å². The van der Waals surface area contributed by atoms with Gasteiger partial charge in [-0.2, -0.15) is 4.39 Å². The van der Waals surface area contributed by atoms with Crippen LogP contribution in [0.2, 0.25) is 0 Å². The van der Waals surface area contributed by atoms with Gasteiger partial charge >= 0.3 is 5.69 Å². The maximum Gasteiger partial charge on any atom is 0.328 e. The van der Waals surface area contributed by atoms with E-state index in [4.69, 9.17) is 0 Å². The summed E-state index contributed by atoms with van der Waals surface area (Å²) in [5, 5.41) is 13.4. The molecule has 1 aromatic heterocycles. The first-order valence-electron chi connectivity index (χ1n) is 6.64. The van der Waals surface area contributed by atoms with E-state index in [1.54, 1.807) is 6.92 Å². The Labute approximate surface area is 130 Å². The first kappa shape index (κ1) is 16.3. The highest BCUT2D eigenvalue weighted by Gasteiger charge is 2.25. The first-order valence-corrected chi connectivity index (χ1v) is 6.64. The molecule has 0 aliphatic carbocycles. The average Bonchev–Trinajstić information content (AvgIpc) is 2.43. The second kappa shape index (κ2) is 5.99. The zero-order valence-electron chi connectivity index (χ0n) is 12.7. The van der Waals surface area contributed by atoms with E-state index >= 15 is 0 Å². The molecule has 2 rings (SSSR count). The van der Waals surface area contributed by atoms with Crippen LogP contribution in [-0.2, 0) is 11.8 Å². The van der Waals surface area contributed by atoms with Gasteiger partial charge in [-0.1, -0.05) is 0 Å². The van der Waals surface area contributed by atoms with Gasteiger partial charge < -0.3 is 9.88 Å². The molecule has 7 nitrogen and oxygen atoms in total. The van der Waals surface area contributed by atoms with Gasteiger partial charge in [0.1, 0.15) is 5.69 Å². The molecule has 23 heavy (non-hydrogen) atoms. The highest BCUT2D eigenvalue weighted by molar-refractivity contribution is 5.92. The van der Waals surface area contributed by atoms with Crippen molar-refractivity contribution in [3.05, 3.63) is 56.2 Å². The Morgan fingerprint density at radius 3 is 2.57 bits per heavy atom. The van der Waals surface area contributed by atoms with Gasteiger partial charge in [-0.05, 0) is 25.1 Å². The van der Waals surface area contributed by atoms with E-state index in [9.17, 15) is 24.1 Å². The number of nitro benzene ring substituents is 1. The Balaban J connectivity index is 2.70. The monoisotopic (exact) mass is 319 g/mol. The summed E-state index contributed by atoms with van der Waals surface area (Å²) in [6.07, 6.45) is 1.40. The number of nitrogens with zero attached hydrogens (tertiary/aromatic N) is 2. The van der Waals surface area contributed by atoms with Crippen LogP contribution in [-0.4, -0.2) is 15.4 Å². The molecule has 1 amide bonds. The number of nitro groups is 1. The van der Waals surface area contributed by atoms with E-state index in [1.165, 1.54) is 42.9 Å². The number of nitrogens with one attached hydrogen (secondary N) is 1. The highest BCUT2D eigenvalue weighted by Crippen LogP contribution is 2.35. The molecule has 0 aliphatic heterocycles. The second-order valence-corrected chi connectivity index (χ2v) is 5.09. The number of amides is 1. The molecule has 0 bridgehead atoms. The number of benzene rings is 1. The number of pyridine rings is 1. The second-order valence-electron chi connectivity index (χ2n) is 5.09. The van der Waals surface area contributed by atoms with Crippen molar-refractivity contribution < 1.29 is 14.1 Å². The molecule has 1 N–H and O–H groups in total. The lowest BCUT2D eigenvalue weighted by atomic mass is 10.0. The molecule has 1 aromatic carbocycles. The number of carbonyl (C=O) groups excluding carboxylic acids is 1. The number of aromatic nitrogens is 1. The maximum absolute atomic E-state index is 14.6. The third kappa shape index (κ3) is 3.10. The van der Waals surface area contributed by atoms with Crippen LogP contribution < -0.4 is 10.9 Å². The Morgan fingerprint density at radius 1 is 1.39 bits per heavy atom. The lowest BCUT2D eigenvalue weighted by molar-refractivity contribution is -0.386. The molecule has 0 saturated heterocycles. The van der Waals surface area contributed by atoms with E-state index < -0.39 is 22.3 Å². The van der Waals surface area contributed by atoms with E-state index in [-0.39, 0.29) is 16.8 Å². The van der Waals surface area contributed by atoms with Gasteiger partial charge in [-0.3, -0.25) is 19.7 Å². The minimum absolute atomic E-state index is 0.0236. The summed E-state index contributed by atoms with van der Waals surface area (Å²) < 4.78 is 15.9. The maximum atomic E-state index is 14.6. The molecule has 120 valence electrons. The smallest absolute Gasteiger partial charge is 0.321 e. The van der Waals surface area contributed by atoms with Crippen LogP contribution in [0.4, 0.5) is 15.8 Å². The average molecular weight is 319 g/mol. The number of aryl methyl sites for hydroxylation is 2. The van der Waals surface area contributed by atoms with Gasteiger partial charge in [-0.15, -0.1) is 0 Å². The van der Waals surface area contributed by atoms with Crippen LogP contribution in [0.15, 0.2) is 29.2 Å². The molecule has 0 radical (unpaired) electrons. The molecule has 2 aromatic rings. The van der Waals surface area contributed by atoms with Gasteiger partial charge in [0.15, 0.2) is 0 Å². The van der Waals surface area contributed by atoms with E-state index in [0.29, 0.717) is 11.1 Å². The topological polar surface area (TPSA) is 94.2 Å². The Hall–Kier alpha value is -3.03. The van der Waals surface area contributed by atoms with Crippen LogP contribution in [0.5, 0.6) is 0 Å². The number of halogens is 1. The number of rotatable bonds is 3.